The van der Waals surface area contributed by atoms with Crippen molar-refractivity contribution in [3.63, 3.8) is 0 Å². The van der Waals surface area contributed by atoms with E-state index in [0.29, 0.717) is 0 Å². The number of nitrogens with zero attached hydrogens (tertiary/aromatic N) is 4. The number of aliphatic imine (C=N–C) groups is 1. The zero-order valence-corrected chi connectivity index (χ0v) is 22.7. The highest BCUT2D eigenvalue weighted by atomic mass is 32.2. The minimum Gasteiger partial charge on any atom is -0.372 e. The van der Waals surface area contributed by atoms with E-state index in [2.05, 4.69) is 80.1 Å². The van der Waals surface area contributed by atoms with E-state index >= 15 is 0 Å². The summed E-state index contributed by atoms with van der Waals surface area (Å²) in [6.07, 6.45) is 5.71. The second-order valence-corrected chi connectivity index (χ2v) is 11.4. The number of aryl methyl sites for hydroxylation is 1. The first-order valence-electron chi connectivity index (χ1n) is 12.7. The summed E-state index contributed by atoms with van der Waals surface area (Å²) in [5, 5.41) is 1.84. The lowest BCUT2D eigenvalue weighted by molar-refractivity contribution is -0.124. The average molecular weight is 507 g/mol. The Hall–Kier alpha value is -2.38. The van der Waals surface area contributed by atoms with Gasteiger partial charge in [-0.3, -0.25) is 9.69 Å². The smallest absolute Gasteiger partial charge is 0.269 e. The van der Waals surface area contributed by atoms with Gasteiger partial charge in [0.1, 0.15) is 4.91 Å². The van der Waals surface area contributed by atoms with Crippen LogP contribution >= 0.6 is 23.5 Å². The average Bonchev–Trinajstić information content (AvgIpc) is 3.38. The van der Waals surface area contributed by atoms with Crippen LogP contribution < -0.4 is 9.80 Å². The van der Waals surface area contributed by atoms with Gasteiger partial charge in [0.15, 0.2) is 5.17 Å². The van der Waals surface area contributed by atoms with E-state index in [-0.39, 0.29) is 11.9 Å². The number of benzene rings is 2. The molecule has 0 radical (unpaired) electrons. The van der Waals surface area contributed by atoms with Gasteiger partial charge in [-0.1, -0.05) is 43.2 Å². The zero-order chi connectivity index (χ0) is 24.5. The van der Waals surface area contributed by atoms with Crippen LogP contribution in [-0.4, -0.2) is 42.2 Å². The number of thioether (sulfide) groups is 2. The van der Waals surface area contributed by atoms with Gasteiger partial charge >= 0.3 is 0 Å². The van der Waals surface area contributed by atoms with Gasteiger partial charge in [-0.05, 0) is 81.3 Å². The molecule has 0 aromatic heterocycles. The molecular weight excluding hydrogens is 472 g/mol. The summed E-state index contributed by atoms with van der Waals surface area (Å²) in [5.41, 5.74) is 4.46. The van der Waals surface area contributed by atoms with E-state index in [1.165, 1.54) is 29.8 Å². The highest BCUT2D eigenvalue weighted by Gasteiger charge is 2.42. The van der Waals surface area contributed by atoms with Crippen LogP contribution in [0.5, 0.6) is 0 Å². The fourth-order valence-electron chi connectivity index (χ4n) is 5.21. The van der Waals surface area contributed by atoms with Gasteiger partial charge in [0.2, 0.25) is 0 Å². The molecule has 0 N–H and O–H groups in total. The fraction of sp³-hybridized carbons (Fsp3) is 0.429. The maximum atomic E-state index is 13.9. The van der Waals surface area contributed by atoms with E-state index in [9.17, 15) is 4.79 Å². The summed E-state index contributed by atoms with van der Waals surface area (Å²) in [6, 6.07) is 15.1. The minimum atomic E-state index is 0.111. The number of carbonyl (C=O) groups excluding carboxylic acids is 1. The van der Waals surface area contributed by atoms with Crippen molar-refractivity contribution in [2.75, 3.05) is 29.9 Å². The lowest BCUT2D eigenvalue weighted by Crippen LogP contribution is -2.40. The number of amidine groups is 1. The van der Waals surface area contributed by atoms with E-state index < -0.39 is 0 Å². The molecule has 1 saturated heterocycles. The SMILES string of the molecule is CCN(CC)c1ccc(N=C2S/C(=C3\Sc4ccccc4N3C)C(=O)N2C2CCCCC2)c(C)c1. The number of para-hydroxylation sites is 1. The lowest BCUT2D eigenvalue weighted by Gasteiger charge is -2.30. The molecular formula is C28H34N4OS2. The monoisotopic (exact) mass is 506 g/mol. The molecule has 2 heterocycles. The number of amides is 1. The third-order valence-electron chi connectivity index (χ3n) is 7.21. The van der Waals surface area contributed by atoms with Crippen LogP contribution in [0.25, 0.3) is 0 Å². The Balaban J connectivity index is 1.53. The Bertz CT molecular complexity index is 1180. The molecule has 1 amide bonds. The van der Waals surface area contributed by atoms with Gasteiger partial charge in [-0.25, -0.2) is 4.99 Å². The molecule has 7 heteroatoms. The molecule has 2 aromatic carbocycles. The Kier molecular flexibility index (Phi) is 7.17. The predicted molar refractivity (Wildman–Crippen MR) is 151 cm³/mol. The van der Waals surface area contributed by atoms with Crippen LogP contribution in [0, 0.1) is 6.92 Å². The molecule has 0 bridgehead atoms. The van der Waals surface area contributed by atoms with Crippen molar-refractivity contribution in [3.05, 3.63) is 58.0 Å². The lowest BCUT2D eigenvalue weighted by atomic mass is 9.94. The minimum absolute atomic E-state index is 0.111. The molecule has 1 saturated carbocycles. The van der Waals surface area contributed by atoms with Crippen LogP contribution in [0.15, 0.2) is 62.3 Å². The molecule has 0 spiro atoms. The third-order valence-corrected chi connectivity index (χ3v) is 9.62. The highest BCUT2D eigenvalue weighted by molar-refractivity contribution is 8.19. The van der Waals surface area contributed by atoms with E-state index in [4.69, 9.17) is 4.99 Å². The molecule has 2 aliphatic heterocycles. The number of hydrogen-bond acceptors (Lipinski definition) is 6. The van der Waals surface area contributed by atoms with Crippen molar-refractivity contribution in [2.45, 2.75) is 63.8 Å². The maximum Gasteiger partial charge on any atom is 0.269 e. The zero-order valence-electron chi connectivity index (χ0n) is 21.1. The molecule has 0 atom stereocenters. The largest absolute Gasteiger partial charge is 0.372 e. The summed E-state index contributed by atoms with van der Waals surface area (Å²) >= 11 is 3.24. The Labute approximate surface area is 217 Å². The van der Waals surface area contributed by atoms with Gasteiger partial charge in [0.05, 0.1) is 16.4 Å². The number of anilines is 2. The molecule has 1 aliphatic carbocycles. The predicted octanol–water partition coefficient (Wildman–Crippen LogP) is 7.15. The number of fused-ring (bicyclic) bond motifs is 1. The van der Waals surface area contributed by atoms with Gasteiger partial charge in [0.25, 0.3) is 5.91 Å². The van der Waals surface area contributed by atoms with Crippen molar-refractivity contribution in [1.29, 1.82) is 0 Å². The summed E-state index contributed by atoms with van der Waals surface area (Å²) in [7, 11) is 2.06. The van der Waals surface area contributed by atoms with Crippen LogP contribution in [0.2, 0.25) is 0 Å². The summed E-state index contributed by atoms with van der Waals surface area (Å²) in [6.45, 7) is 8.44. The fourth-order valence-corrected chi connectivity index (χ4v) is 7.60. The Morgan fingerprint density at radius 1 is 1.03 bits per heavy atom. The maximum absolute atomic E-state index is 13.9. The van der Waals surface area contributed by atoms with Crippen molar-refractivity contribution in [1.82, 2.24) is 4.90 Å². The normalized spacial score (nSPS) is 21.8. The number of hydrogen-bond donors (Lipinski definition) is 0. The van der Waals surface area contributed by atoms with Gasteiger partial charge < -0.3 is 9.80 Å². The summed E-state index contributed by atoms with van der Waals surface area (Å²) in [5.74, 6) is 0.111. The first-order chi connectivity index (χ1) is 17.0. The van der Waals surface area contributed by atoms with Crippen molar-refractivity contribution < 1.29 is 4.79 Å². The second-order valence-electron chi connectivity index (χ2n) is 9.37. The van der Waals surface area contributed by atoms with Crippen LogP contribution in [0.1, 0.15) is 51.5 Å². The number of carbonyl (C=O) groups is 1. The van der Waals surface area contributed by atoms with E-state index in [1.54, 1.807) is 23.5 Å². The van der Waals surface area contributed by atoms with E-state index in [1.807, 2.05) is 4.90 Å². The molecule has 3 aliphatic rings. The van der Waals surface area contributed by atoms with E-state index in [0.717, 1.165) is 58.0 Å². The van der Waals surface area contributed by atoms with Gasteiger partial charge in [0, 0.05) is 36.8 Å². The van der Waals surface area contributed by atoms with Crippen LogP contribution in [0.4, 0.5) is 17.1 Å². The topological polar surface area (TPSA) is 39.1 Å². The summed E-state index contributed by atoms with van der Waals surface area (Å²) < 4.78 is 0. The first kappa shape index (κ1) is 24.3. The Morgan fingerprint density at radius 2 is 1.77 bits per heavy atom. The standard InChI is InChI=1S/C28H34N4OS2/c1-5-31(6-2)21-16-17-22(19(3)18-21)29-28-32(20-12-8-7-9-13-20)26(33)25(35-28)27-30(4)23-14-10-11-15-24(23)34-27/h10-11,14-18,20H,5-9,12-13H2,1-4H3/b27-25-,29-28?. The molecule has 5 nitrogen and oxygen atoms in total. The molecule has 184 valence electrons. The molecule has 5 rings (SSSR count). The Morgan fingerprint density at radius 3 is 2.46 bits per heavy atom. The van der Waals surface area contributed by atoms with Crippen molar-refractivity contribution >= 4 is 51.7 Å². The summed E-state index contributed by atoms with van der Waals surface area (Å²) in [4.78, 5) is 27.6. The quantitative estimate of drug-likeness (QED) is 0.403. The second kappa shape index (κ2) is 10.3. The van der Waals surface area contributed by atoms with Crippen LogP contribution in [0.3, 0.4) is 0 Å². The van der Waals surface area contributed by atoms with Crippen molar-refractivity contribution in [2.24, 2.45) is 4.99 Å². The molecule has 35 heavy (non-hydrogen) atoms. The van der Waals surface area contributed by atoms with Crippen LogP contribution in [-0.2, 0) is 4.79 Å². The van der Waals surface area contributed by atoms with Gasteiger partial charge in [-0.2, -0.15) is 0 Å². The highest BCUT2D eigenvalue weighted by Crippen LogP contribution is 2.50. The molecule has 2 aromatic rings. The molecule has 2 fully saturated rings. The van der Waals surface area contributed by atoms with Crippen molar-refractivity contribution in [3.8, 4) is 0 Å². The molecule has 0 unspecified atom stereocenters. The first-order valence-corrected chi connectivity index (χ1v) is 14.4. The third kappa shape index (κ3) is 4.60. The number of rotatable bonds is 5. The van der Waals surface area contributed by atoms with Gasteiger partial charge in [-0.15, -0.1) is 0 Å².